The summed E-state index contributed by atoms with van der Waals surface area (Å²) in [6, 6.07) is 14.8. The zero-order valence-electron chi connectivity index (χ0n) is 14.9. The lowest BCUT2D eigenvalue weighted by Crippen LogP contribution is -2.21. The number of carbonyl (C=O) groups is 1. The van der Waals surface area contributed by atoms with Gasteiger partial charge in [-0.15, -0.1) is 0 Å². The van der Waals surface area contributed by atoms with Crippen LogP contribution in [0.15, 0.2) is 48.5 Å². The Morgan fingerprint density at radius 3 is 2.73 bits per heavy atom. The minimum Gasteiger partial charge on any atom is -0.497 e. The Bertz CT molecular complexity index is 712. The molecule has 26 heavy (non-hydrogen) atoms. The Morgan fingerprint density at radius 2 is 2.00 bits per heavy atom. The largest absolute Gasteiger partial charge is 0.497 e. The smallest absolute Gasteiger partial charge is 0.243 e. The number of rotatable bonds is 8. The molecule has 2 N–H and O–H groups in total. The number of hydrogen-bond donors (Lipinski definition) is 2. The van der Waals surface area contributed by atoms with E-state index in [1.54, 1.807) is 13.2 Å². The second-order valence-electron chi connectivity index (χ2n) is 6.10. The Morgan fingerprint density at radius 1 is 1.15 bits per heavy atom. The van der Waals surface area contributed by atoms with Crippen LogP contribution in [0.4, 0.5) is 11.4 Å². The van der Waals surface area contributed by atoms with Crippen LogP contribution in [0.5, 0.6) is 11.5 Å². The van der Waals surface area contributed by atoms with E-state index in [0.717, 1.165) is 30.9 Å². The molecule has 6 heteroatoms. The van der Waals surface area contributed by atoms with Crippen molar-refractivity contribution in [2.45, 2.75) is 18.9 Å². The fraction of sp³-hybridized carbons (Fsp3) is 0.350. The van der Waals surface area contributed by atoms with Gasteiger partial charge in [0.05, 0.1) is 19.8 Å². The number of carbonyl (C=O) groups excluding carboxylic acids is 1. The topological polar surface area (TPSA) is 68.8 Å². The molecule has 1 fully saturated rings. The van der Waals surface area contributed by atoms with E-state index in [-0.39, 0.29) is 18.6 Å². The summed E-state index contributed by atoms with van der Waals surface area (Å²) in [5.41, 5.74) is 1.56. The van der Waals surface area contributed by atoms with Crippen LogP contribution in [0, 0.1) is 0 Å². The molecule has 138 valence electrons. The van der Waals surface area contributed by atoms with Crippen molar-refractivity contribution in [1.29, 1.82) is 0 Å². The number of nitrogens with one attached hydrogen (secondary N) is 2. The molecule has 1 heterocycles. The Kier molecular flexibility index (Phi) is 6.33. The quantitative estimate of drug-likeness (QED) is 0.759. The minimum absolute atomic E-state index is 0.128. The highest BCUT2D eigenvalue weighted by atomic mass is 16.5. The van der Waals surface area contributed by atoms with Crippen LogP contribution in [-0.4, -0.2) is 38.9 Å². The van der Waals surface area contributed by atoms with Gasteiger partial charge in [-0.3, -0.25) is 4.79 Å². The lowest BCUT2D eigenvalue weighted by molar-refractivity contribution is -0.114. The van der Waals surface area contributed by atoms with Gasteiger partial charge in [-0.1, -0.05) is 6.07 Å². The minimum atomic E-state index is -0.128. The van der Waals surface area contributed by atoms with Crippen molar-refractivity contribution in [3.8, 4) is 11.5 Å². The predicted octanol–water partition coefficient (Wildman–Crippen LogP) is 3.30. The number of ether oxygens (including phenoxy) is 3. The average Bonchev–Trinajstić information content (AvgIpc) is 3.19. The molecule has 1 aliphatic rings. The molecule has 6 nitrogen and oxygen atoms in total. The lowest BCUT2D eigenvalue weighted by Gasteiger charge is -2.12. The fourth-order valence-electron chi connectivity index (χ4n) is 2.72. The summed E-state index contributed by atoms with van der Waals surface area (Å²) in [4.78, 5) is 12.0. The number of hydrogen-bond acceptors (Lipinski definition) is 5. The van der Waals surface area contributed by atoms with E-state index in [0.29, 0.717) is 18.0 Å². The van der Waals surface area contributed by atoms with E-state index in [2.05, 4.69) is 10.6 Å². The van der Waals surface area contributed by atoms with Gasteiger partial charge in [0.15, 0.2) is 0 Å². The van der Waals surface area contributed by atoms with E-state index in [1.807, 2.05) is 42.5 Å². The molecule has 1 saturated heterocycles. The second-order valence-corrected chi connectivity index (χ2v) is 6.10. The number of benzene rings is 2. The van der Waals surface area contributed by atoms with E-state index in [9.17, 15) is 4.79 Å². The van der Waals surface area contributed by atoms with Crippen molar-refractivity contribution in [1.82, 2.24) is 0 Å². The van der Waals surface area contributed by atoms with Gasteiger partial charge in [0.1, 0.15) is 18.1 Å². The summed E-state index contributed by atoms with van der Waals surface area (Å²) in [6.07, 6.45) is 2.37. The molecule has 0 spiro atoms. The lowest BCUT2D eigenvalue weighted by atomic mass is 10.2. The summed E-state index contributed by atoms with van der Waals surface area (Å²) in [6.45, 7) is 1.58. The third-order valence-corrected chi connectivity index (χ3v) is 4.12. The van der Waals surface area contributed by atoms with E-state index < -0.39 is 0 Å². The van der Waals surface area contributed by atoms with Crippen molar-refractivity contribution >= 4 is 17.3 Å². The first-order valence-electron chi connectivity index (χ1n) is 8.75. The maximum atomic E-state index is 12.0. The molecule has 1 atom stereocenters. The van der Waals surface area contributed by atoms with Crippen molar-refractivity contribution in [2.24, 2.45) is 0 Å². The summed E-state index contributed by atoms with van der Waals surface area (Å²) in [5, 5.41) is 5.92. The van der Waals surface area contributed by atoms with Crippen LogP contribution < -0.4 is 20.1 Å². The van der Waals surface area contributed by atoms with E-state index in [4.69, 9.17) is 14.2 Å². The van der Waals surface area contributed by atoms with E-state index in [1.165, 1.54) is 0 Å². The Balaban J connectivity index is 1.42. The normalized spacial score (nSPS) is 16.1. The maximum absolute atomic E-state index is 12.0. The highest BCUT2D eigenvalue weighted by molar-refractivity contribution is 5.93. The molecule has 0 aromatic heterocycles. The number of anilines is 2. The summed E-state index contributed by atoms with van der Waals surface area (Å²) in [7, 11) is 1.59. The van der Waals surface area contributed by atoms with Gasteiger partial charge < -0.3 is 24.8 Å². The SMILES string of the molecule is COc1cccc(NC(=O)CNc2ccc(OCC3CCCO3)cc2)c1. The first-order chi connectivity index (χ1) is 12.7. The Hall–Kier alpha value is -2.73. The molecular formula is C20H24N2O4. The summed E-state index contributed by atoms with van der Waals surface area (Å²) < 4.78 is 16.4. The standard InChI is InChI=1S/C20H24N2O4/c1-24-18-5-2-4-16(12-18)22-20(23)13-21-15-7-9-17(10-8-15)26-14-19-6-3-11-25-19/h2,4-5,7-10,12,19,21H,3,6,11,13-14H2,1H3,(H,22,23). The highest BCUT2D eigenvalue weighted by Crippen LogP contribution is 2.19. The number of methoxy groups -OCH3 is 1. The first kappa shape index (κ1) is 18.1. The van der Waals surface area contributed by atoms with Crippen LogP contribution in [0.1, 0.15) is 12.8 Å². The van der Waals surface area contributed by atoms with Crippen LogP contribution >= 0.6 is 0 Å². The number of amides is 1. The fourth-order valence-corrected chi connectivity index (χ4v) is 2.72. The molecule has 0 aliphatic carbocycles. The van der Waals surface area contributed by atoms with Crippen LogP contribution in [0.2, 0.25) is 0 Å². The zero-order valence-corrected chi connectivity index (χ0v) is 14.9. The molecule has 2 aromatic rings. The predicted molar refractivity (Wildman–Crippen MR) is 101 cm³/mol. The molecule has 0 bridgehead atoms. The van der Waals surface area contributed by atoms with Crippen molar-refractivity contribution in [2.75, 3.05) is 37.5 Å². The molecule has 1 aliphatic heterocycles. The van der Waals surface area contributed by atoms with Crippen LogP contribution in [0.3, 0.4) is 0 Å². The van der Waals surface area contributed by atoms with Gasteiger partial charge in [-0.05, 0) is 49.2 Å². The second kappa shape index (κ2) is 9.10. The van der Waals surface area contributed by atoms with Crippen LogP contribution in [-0.2, 0) is 9.53 Å². The van der Waals surface area contributed by atoms with Gasteiger partial charge in [0.25, 0.3) is 0 Å². The molecule has 0 radical (unpaired) electrons. The monoisotopic (exact) mass is 356 g/mol. The van der Waals surface area contributed by atoms with Gasteiger partial charge in [-0.2, -0.15) is 0 Å². The molecule has 2 aromatic carbocycles. The summed E-state index contributed by atoms with van der Waals surface area (Å²) >= 11 is 0. The molecule has 1 amide bonds. The van der Waals surface area contributed by atoms with Gasteiger partial charge in [-0.25, -0.2) is 0 Å². The molecular weight excluding hydrogens is 332 g/mol. The third kappa shape index (κ3) is 5.39. The van der Waals surface area contributed by atoms with Gasteiger partial charge in [0, 0.05) is 24.0 Å². The summed E-state index contributed by atoms with van der Waals surface area (Å²) in [5.74, 6) is 1.37. The van der Waals surface area contributed by atoms with Gasteiger partial charge >= 0.3 is 0 Å². The van der Waals surface area contributed by atoms with Crippen LogP contribution in [0.25, 0.3) is 0 Å². The average molecular weight is 356 g/mol. The van der Waals surface area contributed by atoms with Gasteiger partial charge in [0.2, 0.25) is 5.91 Å². The van der Waals surface area contributed by atoms with Crippen molar-refractivity contribution < 1.29 is 19.0 Å². The molecule has 1 unspecified atom stereocenters. The highest BCUT2D eigenvalue weighted by Gasteiger charge is 2.15. The molecule has 0 saturated carbocycles. The van der Waals surface area contributed by atoms with Crippen molar-refractivity contribution in [3.05, 3.63) is 48.5 Å². The third-order valence-electron chi connectivity index (χ3n) is 4.12. The first-order valence-corrected chi connectivity index (χ1v) is 8.75. The Labute approximate surface area is 153 Å². The maximum Gasteiger partial charge on any atom is 0.243 e. The molecule has 3 rings (SSSR count). The van der Waals surface area contributed by atoms with E-state index >= 15 is 0 Å². The zero-order chi connectivity index (χ0) is 18.2. The van der Waals surface area contributed by atoms with Crippen molar-refractivity contribution in [3.63, 3.8) is 0 Å².